The van der Waals surface area contributed by atoms with E-state index in [0.29, 0.717) is 35.6 Å². The van der Waals surface area contributed by atoms with Crippen molar-refractivity contribution in [3.8, 4) is 11.5 Å². The Hall–Kier alpha value is -2.01. The third kappa shape index (κ3) is 6.58. The van der Waals surface area contributed by atoms with E-state index in [-0.39, 0.29) is 12.5 Å². The number of benzene rings is 2. The average molecular weight is 434 g/mol. The molecule has 0 aliphatic carbocycles. The number of hydrogen-bond acceptors (Lipinski definition) is 3. The Morgan fingerprint density at radius 2 is 1.81 bits per heavy atom. The largest absolute Gasteiger partial charge is 0.491 e. The van der Waals surface area contributed by atoms with Crippen molar-refractivity contribution in [1.82, 2.24) is 0 Å². The fraction of sp³-hybridized carbons (Fsp3) is 0.409. The van der Waals surface area contributed by atoms with E-state index in [1.165, 1.54) is 5.56 Å². The predicted octanol–water partition coefficient (Wildman–Crippen LogP) is 6.01. The minimum absolute atomic E-state index is 0.0696. The molecule has 27 heavy (non-hydrogen) atoms. The number of carbonyl (C=O) groups excluding carboxylic acids is 1. The molecular weight excluding hydrogens is 406 g/mol. The summed E-state index contributed by atoms with van der Waals surface area (Å²) in [5.74, 6) is 1.99. The van der Waals surface area contributed by atoms with E-state index in [1.54, 1.807) is 0 Å². The normalized spacial score (nSPS) is 11.9. The van der Waals surface area contributed by atoms with Crippen LogP contribution in [0.25, 0.3) is 0 Å². The van der Waals surface area contributed by atoms with E-state index >= 15 is 0 Å². The molecule has 0 aliphatic heterocycles. The molecule has 1 N–H and O–H groups in total. The molecule has 0 fully saturated rings. The van der Waals surface area contributed by atoms with Gasteiger partial charge in [0.05, 0.1) is 16.8 Å². The molecule has 0 aromatic heterocycles. The Morgan fingerprint density at radius 1 is 1.07 bits per heavy atom. The highest BCUT2D eigenvalue weighted by molar-refractivity contribution is 9.10. The van der Waals surface area contributed by atoms with Gasteiger partial charge < -0.3 is 14.8 Å². The molecule has 2 rings (SSSR count). The quantitative estimate of drug-likeness (QED) is 0.526. The van der Waals surface area contributed by atoms with E-state index in [2.05, 4.69) is 55.0 Å². The Kier molecular flexibility index (Phi) is 8.17. The summed E-state index contributed by atoms with van der Waals surface area (Å²) in [7, 11) is 0. The Morgan fingerprint density at radius 3 is 2.48 bits per heavy atom. The van der Waals surface area contributed by atoms with Crippen LogP contribution in [0.4, 0.5) is 5.69 Å². The lowest BCUT2D eigenvalue weighted by Gasteiger charge is -2.15. The number of carbonyl (C=O) groups is 1. The summed E-state index contributed by atoms with van der Waals surface area (Å²) in [4.78, 5) is 12.3. The van der Waals surface area contributed by atoms with Crippen LogP contribution < -0.4 is 14.8 Å². The molecule has 0 heterocycles. The number of para-hydroxylation sites is 2. The number of amides is 1. The molecule has 1 unspecified atom stereocenters. The van der Waals surface area contributed by atoms with Gasteiger partial charge in [-0.2, -0.15) is 0 Å². The minimum Gasteiger partial charge on any atom is -0.491 e. The van der Waals surface area contributed by atoms with Crippen molar-refractivity contribution in [3.63, 3.8) is 0 Å². The number of ether oxygens (including phenoxy) is 2. The van der Waals surface area contributed by atoms with E-state index < -0.39 is 0 Å². The van der Waals surface area contributed by atoms with Crippen molar-refractivity contribution in [2.75, 3.05) is 18.5 Å². The second-order valence-electron chi connectivity index (χ2n) is 7.04. The van der Waals surface area contributed by atoms with Gasteiger partial charge in [0, 0.05) is 0 Å². The topological polar surface area (TPSA) is 47.6 Å². The van der Waals surface area contributed by atoms with Crippen LogP contribution in [0.2, 0.25) is 0 Å². The average Bonchev–Trinajstić information content (AvgIpc) is 2.65. The maximum atomic E-state index is 12.3. The number of rotatable bonds is 9. The lowest BCUT2D eigenvalue weighted by Crippen LogP contribution is -2.21. The van der Waals surface area contributed by atoms with Crippen LogP contribution in [0.15, 0.2) is 46.9 Å². The van der Waals surface area contributed by atoms with Crippen molar-refractivity contribution in [2.45, 2.75) is 40.0 Å². The third-order valence-electron chi connectivity index (χ3n) is 4.23. The first-order valence-corrected chi connectivity index (χ1v) is 10.1. The Balaban J connectivity index is 1.95. The number of nitrogens with one attached hydrogen (secondary N) is 1. The molecule has 0 aliphatic rings. The van der Waals surface area contributed by atoms with E-state index in [9.17, 15) is 4.79 Å². The van der Waals surface area contributed by atoms with Gasteiger partial charge in [-0.3, -0.25) is 4.79 Å². The summed E-state index contributed by atoms with van der Waals surface area (Å²) in [5.41, 5.74) is 1.90. The molecule has 0 radical (unpaired) electrons. The van der Waals surface area contributed by atoms with Gasteiger partial charge in [0.15, 0.2) is 6.61 Å². The second kappa shape index (κ2) is 10.4. The summed E-state index contributed by atoms with van der Waals surface area (Å²) >= 11 is 3.53. The van der Waals surface area contributed by atoms with Crippen molar-refractivity contribution >= 4 is 27.5 Å². The van der Waals surface area contributed by atoms with Crippen LogP contribution in [-0.4, -0.2) is 19.1 Å². The first-order chi connectivity index (χ1) is 12.9. The van der Waals surface area contributed by atoms with Gasteiger partial charge in [0.25, 0.3) is 5.91 Å². The zero-order valence-corrected chi connectivity index (χ0v) is 18.0. The van der Waals surface area contributed by atoms with Crippen LogP contribution in [-0.2, 0) is 4.79 Å². The first kappa shape index (κ1) is 21.3. The van der Waals surface area contributed by atoms with E-state index in [0.717, 1.165) is 10.9 Å². The molecule has 0 spiro atoms. The lowest BCUT2D eigenvalue weighted by atomic mass is 9.99. The number of anilines is 1. The molecule has 2 aromatic rings. The van der Waals surface area contributed by atoms with Crippen LogP contribution in [0.3, 0.4) is 0 Å². The monoisotopic (exact) mass is 433 g/mol. The summed E-state index contributed by atoms with van der Waals surface area (Å²) in [6, 6.07) is 13.4. The molecule has 0 saturated heterocycles. The van der Waals surface area contributed by atoms with Gasteiger partial charge in [0.1, 0.15) is 11.5 Å². The van der Waals surface area contributed by atoms with Crippen LogP contribution in [0.5, 0.6) is 11.5 Å². The van der Waals surface area contributed by atoms with Gasteiger partial charge in [0.2, 0.25) is 0 Å². The maximum Gasteiger partial charge on any atom is 0.262 e. The molecule has 1 atom stereocenters. The molecular formula is C22H28BrNO3. The summed E-state index contributed by atoms with van der Waals surface area (Å²) in [6.45, 7) is 9.04. The third-order valence-corrected chi connectivity index (χ3v) is 4.85. The van der Waals surface area contributed by atoms with Gasteiger partial charge in [-0.05, 0) is 64.0 Å². The first-order valence-electron chi connectivity index (χ1n) is 9.34. The lowest BCUT2D eigenvalue weighted by molar-refractivity contribution is -0.118. The molecule has 1 amide bonds. The predicted molar refractivity (Wildman–Crippen MR) is 114 cm³/mol. The maximum absolute atomic E-state index is 12.3. The van der Waals surface area contributed by atoms with Crippen LogP contribution in [0.1, 0.15) is 45.6 Å². The van der Waals surface area contributed by atoms with Gasteiger partial charge in [-0.1, -0.05) is 45.9 Å². The highest BCUT2D eigenvalue weighted by atomic mass is 79.9. The van der Waals surface area contributed by atoms with Crippen LogP contribution in [0, 0.1) is 5.92 Å². The standard InChI is InChI=1S/C22H28BrNO3/c1-5-16(4)17-10-11-20(18(23)12-17)27-14-22(25)24-19-8-6-7-9-21(19)26-13-15(2)3/h6-12,15-16H,5,13-14H2,1-4H3,(H,24,25). The van der Waals surface area contributed by atoms with Gasteiger partial charge in [-0.25, -0.2) is 0 Å². The zero-order chi connectivity index (χ0) is 19.8. The summed E-state index contributed by atoms with van der Waals surface area (Å²) < 4.78 is 12.3. The minimum atomic E-state index is -0.228. The Labute approximate surface area is 170 Å². The molecule has 4 nitrogen and oxygen atoms in total. The molecule has 0 saturated carbocycles. The van der Waals surface area contributed by atoms with E-state index in [4.69, 9.17) is 9.47 Å². The Bertz CT molecular complexity index is 761. The van der Waals surface area contributed by atoms with Crippen molar-refractivity contribution in [2.24, 2.45) is 5.92 Å². The molecule has 5 heteroatoms. The second-order valence-corrected chi connectivity index (χ2v) is 7.89. The van der Waals surface area contributed by atoms with Crippen molar-refractivity contribution in [3.05, 3.63) is 52.5 Å². The molecule has 146 valence electrons. The fourth-order valence-corrected chi connectivity index (χ4v) is 2.97. The van der Waals surface area contributed by atoms with Crippen LogP contribution >= 0.6 is 15.9 Å². The highest BCUT2D eigenvalue weighted by Gasteiger charge is 2.11. The number of halogens is 1. The van der Waals surface area contributed by atoms with E-state index in [1.807, 2.05) is 36.4 Å². The summed E-state index contributed by atoms with van der Waals surface area (Å²) in [6.07, 6.45) is 1.08. The van der Waals surface area contributed by atoms with Gasteiger partial charge >= 0.3 is 0 Å². The highest BCUT2D eigenvalue weighted by Crippen LogP contribution is 2.30. The summed E-state index contributed by atoms with van der Waals surface area (Å²) in [5, 5.41) is 2.86. The SMILES string of the molecule is CCC(C)c1ccc(OCC(=O)Nc2ccccc2OCC(C)C)c(Br)c1. The fourth-order valence-electron chi connectivity index (χ4n) is 2.46. The smallest absolute Gasteiger partial charge is 0.262 e. The van der Waals surface area contributed by atoms with Gasteiger partial charge in [-0.15, -0.1) is 0 Å². The zero-order valence-electron chi connectivity index (χ0n) is 16.4. The molecule has 0 bridgehead atoms. The molecule has 2 aromatic carbocycles. The van der Waals surface area contributed by atoms with Crippen molar-refractivity contribution in [1.29, 1.82) is 0 Å². The number of hydrogen-bond donors (Lipinski definition) is 1. The van der Waals surface area contributed by atoms with Crippen molar-refractivity contribution < 1.29 is 14.3 Å².